The lowest BCUT2D eigenvalue weighted by Crippen LogP contribution is -2.28. The largest absolute Gasteiger partial charge is 0.573 e. The number of alkyl halides is 3. The zero-order chi connectivity index (χ0) is 19.3. The number of amides is 1. The van der Waals surface area contributed by atoms with E-state index in [0.717, 1.165) is 17.8 Å². The van der Waals surface area contributed by atoms with Crippen LogP contribution in [0.4, 0.5) is 18.9 Å². The molecule has 0 spiro atoms. The summed E-state index contributed by atoms with van der Waals surface area (Å²) in [7, 11) is 3.80. The van der Waals surface area contributed by atoms with Gasteiger partial charge in [0.05, 0.1) is 6.10 Å². The van der Waals surface area contributed by atoms with Crippen LogP contribution in [-0.4, -0.2) is 38.0 Å². The number of aliphatic hydroxyl groups is 1. The Labute approximate surface area is 149 Å². The number of rotatable bonds is 6. The zero-order valence-corrected chi connectivity index (χ0v) is 14.2. The molecule has 2 aromatic carbocycles. The summed E-state index contributed by atoms with van der Waals surface area (Å²) in [6.45, 7) is -0.0268. The second-order valence-corrected chi connectivity index (χ2v) is 5.78. The van der Waals surface area contributed by atoms with Crippen LogP contribution in [0.15, 0.2) is 48.5 Å². The fourth-order valence-corrected chi connectivity index (χ4v) is 2.21. The highest BCUT2D eigenvalue weighted by atomic mass is 19.4. The summed E-state index contributed by atoms with van der Waals surface area (Å²) in [4.78, 5) is 13.9. The van der Waals surface area contributed by atoms with E-state index in [1.54, 1.807) is 12.1 Å². The molecular weight excluding hydrogens is 349 g/mol. The maximum atomic E-state index is 12.1. The van der Waals surface area contributed by atoms with Crippen LogP contribution in [0.5, 0.6) is 5.75 Å². The highest BCUT2D eigenvalue weighted by molar-refractivity contribution is 5.94. The van der Waals surface area contributed by atoms with Crippen LogP contribution in [0.1, 0.15) is 22.0 Å². The third-order valence-electron chi connectivity index (χ3n) is 3.60. The minimum atomic E-state index is -4.78. The van der Waals surface area contributed by atoms with E-state index in [1.165, 1.54) is 12.1 Å². The molecule has 0 heterocycles. The van der Waals surface area contributed by atoms with Crippen molar-refractivity contribution in [3.8, 4) is 5.75 Å². The van der Waals surface area contributed by atoms with Gasteiger partial charge in [0, 0.05) is 31.9 Å². The Kier molecular flexibility index (Phi) is 6.10. The van der Waals surface area contributed by atoms with E-state index in [2.05, 4.69) is 10.1 Å². The molecule has 2 aromatic rings. The van der Waals surface area contributed by atoms with Gasteiger partial charge in [-0.1, -0.05) is 12.1 Å². The Balaban J connectivity index is 1.91. The van der Waals surface area contributed by atoms with Crippen LogP contribution in [0.2, 0.25) is 0 Å². The van der Waals surface area contributed by atoms with E-state index in [9.17, 15) is 23.1 Å². The molecule has 0 aliphatic heterocycles. The highest BCUT2D eigenvalue weighted by Crippen LogP contribution is 2.23. The monoisotopic (exact) mass is 368 g/mol. The summed E-state index contributed by atoms with van der Waals surface area (Å²) in [6.07, 6.45) is -5.68. The van der Waals surface area contributed by atoms with Gasteiger partial charge in [0.2, 0.25) is 0 Å². The second-order valence-electron chi connectivity index (χ2n) is 5.78. The van der Waals surface area contributed by atoms with Crippen LogP contribution in [0.25, 0.3) is 0 Å². The fourth-order valence-electron chi connectivity index (χ4n) is 2.21. The van der Waals surface area contributed by atoms with Crippen molar-refractivity contribution < 1.29 is 27.8 Å². The number of aliphatic hydroxyl groups excluding tert-OH is 1. The quantitative estimate of drug-likeness (QED) is 0.823. The van der Waals surface area contributed by atoms with E-state index in [-0.39, 0.29) is 12.1 Å². The van der Waals surface area contributed by atoms with Gasteiger partial charge in [-0.3, -0.25) is 4.79 Å². The molecule has 0 aliphatic carbocycles. The van der Waals surface area contributed by atoms with Gasteiger partial charge in [-0.25, -0.2) is 0 Å². The molecule has 8 heteroatoms. The number of hydrogen-bond donors (Lipinski definition) is 2. The third kappa shape index (κ3) is 5.66. The van der Waals surface area contributed by atoms with Crippen LogP contribution >= 0.6 is 0 Å². The van der Waals surface area contributed by atoms with Crippen molar-refractivity contribution in [1.29, 1.82) is 0 Å². The predicted octanol–water partition coefficient (Wildman–Crippen LogP) is 3.11. The lowest BCUT2D eigenvalue weighted by molar-refractivity contribution is -0.274. The highest BCUT2D eigenvalue weighted by Gasteiger charge is 2.31. The minimum Gasteiger partial charge on any atom is -0.406 e. The first-order valence-electron chi connectivity index (χ1n) is 7.75. The Morgan fingerprint density at radius 3 is 2.19 bits per heavy atom. The van der Waals surface area contributed by atoms with E-state index >= 15 is 0 Å². The molecule has 0 fully saturated rings. The molecule has 1 unspecified atom stereocenters. The number of carbonyl (C=O) groups is 1. The molecule has 2 N–H and O–H groups in total. The Hall–Kier alpha value is -2.74. The van der Waals surface area contributed by atoms with Crippen LogP contribution in [0, 0.1) is 0 Å². The van der Waals surface area contributed by atoms with Crippen LogP contribution in [-0.2, 0) is 0 Å². The fraction of sp³-hybridized carbons (Fsp3) is 0.278. The summed E-state index contributed by atoms with van der Waals surface area (Å²) in [5, 5.41) is 12.7. The molecule has 26 heavy (non-hydrogen) atoms. The van der Waals surface area contributed by atoms with Gasteiger partial charge in [0.1, 0.15) is 5.75 Å². The minimum absolute atomic E-state index is 0.0268. The van der Waals surface area contributed by atoms with Gasteiger partial charge < -0.3 is 20.1 Å². The van der Waals surface area contributed by atoms with Crippen molar-refractivity contribution in [3.63, 3.8) is 0 Å². The summed E-state index contributed by atoms with van der Waals surface area (Å²) in [5.41, 5.74) is 1.78. The number of hydrogen-bond acceptors (Lipinski definition) is 4. The molecule has 0 aliphatic rings. The average Bonchev–Trinajstić information content (AvgIpc) is 2.58. The number of halogens is 3. The van der Waals surface area contributed by atoms with Crippen molar-refractivity contribution >= 4 is 11.6 Å². The summed E-state index contributed by atoms with van der Waals surface area (Å²) in [5.74, 6) is -0.914. The number of anilines is 1. The zero-order valence-electron chi connectivity index (χ0n) is 14.2. The number of nitrogens with one attached hydrogen (secondary N) is 1. The summed E-state index contributed by atoms with van der Waals surface area (Å²) < 4.78 is 40.1. The van der Waals surface area contributed by atoms with Crippen molar-refractivity contribution in [3.05, 3.63) is 59.7 Å². The maximum absolute atomic E-state index is 12.1. The maximum Gasteiger partial charge on any atom is 0.573 e. The first kappa shape index (κ1) is 19.6. The Morgan fingerprint density at radius 2 is 1.69 bits per heavy atom. The van der Waals surface area contributed by atoms with Crippen molar-refractivity contribution in [2.24, 2.45) is 0 Å². The van der Waals surface area contributed by atoms with Crippen LogP contribution in [0.3, 0.4) is 0 Å². The molecule has 0 saturated heterocycles. The van der Waals surface area contributed by atoms with Gasteiger partial charge in [-0.15, -0.1) is 13.2 Å². The molecule has 0 radical (unpaired) electrons. The first-order valence-corrected chi connectivity index (χ1v) is 7.75. The molecule has 5 nitrogen and oxygen atoms in total. The van der Waals surface area contributed by atoms with E-state index in [1.807, 2.05) is 31.1 Å². The normalized spacial score (nSPS) is 12.4. The summed E-state index contributed by atoms with van der Waals surface area (Å²) >= 11 is 0. The predicted molar refractivity (Wildman–Crippen MR) is 91.2 cm³/mol. The lowest BCUT2D eigenvalue weighted by atomic mass is 10.1. The van der Waals surface area contributed by atoms with Gasteiger partial charge in [-0.2, -0.15) is 0 Å². The lowest BCUT2D eigenvalue weighted by Gasteiger charge is -2.16. The molecule has 1 amide bonds. The summed E-state index contributed by atoms with van der Waals surface area (Å²) in [6, 6.07) is 11.8. The smallest absolute Gasteiger partial charge is 0.406 e. The SMILES string of the molecule is CN(C)c1ccc(C(O)CNC(=O)c2ccc(OC(F)(F)F)cc2)cc1. The molecule has 0 aromatic heterocycles. The van der Waals surface area contributed by atoms with Gasteiger partial charge in [0.15, 0.2) is 0 Å². The van der Waals surface area contributed by atoms with Gasteiger partial charge >= 0.3 is 6.36 Å². The average molecular weight is 368 g/mol. The topological polar surface area (TPSA) is 61.8 Å². The molecule has 0 saturated carbocycles. The first-order chi connectivity index (χ1) is 12.2. The number of ether oxygens (including phenoxy) is 1. The van der Waals surface area contributed by atoms with Crippen LogP contribution < -0.4 is 15.0 Å². The Morgan fingerprint density at radius 1 is 1.12 bits per heavy atom. The van der Waals surface area contributed by atoms with Crippen molar-refractivity contribution in [1.82, 2.24) is 5.32 Å². The van der Waals surface area contributed by atoms with E-state index in [4.69, 9.17) is 0 Å². The third-order valence-corrected chi connectivity index (χ3v) is 3.60. The molecule has 140 valence electrons. The van der Waals surface area contributed by atoms with E-state index in [0.29, 0.717) is 5.56 Å². The van der Waals surface area contributed by atoms with Crippen molar-refractivity contribution in [2.75, 3.05) is 25.5 Å². The van der Waals surface area contributed by atoms with Gasteiger partial charge in [-0.05, 0) is 42.0 Å². The number of nitrogens with zero attached hydrogens (tertiary/aromatic N) is 1. The number of benzene rings is 2. The standard InChI is InChI=1S/C18H19F3N2O3/c1-23(2)14-7-3-12(4-8-14)16(24)11-22-17(25)13-5-9-15(10-6-13)26-18(19,20)21/h3-10,16,24H,11H2,1-2H3,(H,22,25). The van der Waals surface area contributed by atoms with E-state index < -0.39 is 24.1 Å². The van der Waals surface area contributed by atoms with Gasteiger partial charge in [0.25, 0.3) is 5.91 Å². The number of carbonyl (C=O) groups excluding carboxylic acids is 1. The molecule has 0 bridgehead atoms. The molecule has 2 rings (SSSR count). The van der Waals surface area contributed by atoms with Crippen molar-refractivity contribution in [2.45, 2.75) is 12.5 Å². The molecular formula is C18H19F3N2O3. The Bertz CT molecular complexity index is 729. The second kappa shape index (κ2) is 8.09. The molecule has 1 atom stereocenters.